The molecule has 0 atom stereocenters. The summed E-state index contributed by atoms with van der Waals surface area (Å²) in [6.07, 6.45) is 3.58. The molecule has 106 valence electrons. The Labute approximate surface area is 125 Å². The van der Waals surface area contributed by atoms with Gasteiger partial charge in [0.2, 0.25) is 0 Å². The number of para-hydroxylation sites is 1. The van der Waals surface area contributed by atoms with E-state index >= 15 is 0 Å². The van der Waals surface area contributed by atoms with Crippen molar-refractivity contribution in [3.8, 4) is 0 Å². The van der Waals surface area contributed by atoms with E-state index in [1.54, 1.807) is 12.4 Å². The smallest absolute Gasteiger partial charge is 0.0726 e. The molecule has 0 aliphatic heterocycles. The number of aromatic nitrogens is 2. The highest BCUT2D eigenvalue weighted by atomic mass is 14.9. The number of hydrogen-bond acceptors (Lipinski definition) is 3. The van der Waals surface area contributed by atoms with E-state index in [4.69, 9.17) is 4.98 Å². The number of pyridine rings is 2. The molecule has 3 heteroatoms. The van der Waals surface area contributed by atoms with Crippen molar-refractivity contribution in [2.45, 2.75) is 26.2 Å². The Kier molecular flexibility index (Phi) is 3.34. The zero-order chi connectivity index (χ0) is 14.9. The summed E-state index contributed by atoms with van der Waals surface area (Å²) in [6, 6.07) is 14.3. The van der Waals surface area contributed by atoms with Crippen LogP contribution in [0.25, 0.3) is 10.9 Å². The fraction of sp³-hybridized carbons (Fsp3) is 0.222. The van der Waals surface area contributed by atoms with Crippen LogP contribution in [0.1, 0.15) is 26.5 Å². The quantitative estimate of drug-likeness (QED) is 0.739. The van der Waals surface area contributed by atoms with Crippen LogP contribution in [0, 0.1) is 0 Å². The number of nitrogens with one attached hydrogen (secondary N) is 1. The van der Waals surface area contributed by atoms with Gasteiger partial charge in [0.25, 0.3) is 0 Å². The standard InChI is InChI=1S/C18H19N3/c1-18(2,3)17-12-16(20-13-8-10-19-11-9-13)14-6-4-5-7-15(14)21-17/h4-12H,1-3H3,(H,19,20,21). The van der Waals surface area contributed by atoms with Crippen molar-refractivity contribution in [2.75, 3.05) is 5.32 Å². The second-order valence-electron chi connectivity index (χ2n) is 6.18. The third kappa shape index (κ3) is 2.87. The number of nitrogens with zero attached hydrogens (tertiary/aromatic N) is 2. The van der Waals surface area contributed by atoms with Gasteiger partial charge in [0.15, 0.2) is 0 Å². The Morgan fingerprint density at radius 3 is 2.38 bits per heavy atom. The third-order valence-corrected chi connectivity index (χ3v) is 3.44. The van der Waals surface area contributed by atoms with Gasteiger partial charge in [-0.3, -0.25) is 9.97 Å². The fourth-order valence-corrected chi connectivity index (χ4v) is 2.25. The van der Waals surface area contributed by atoms with Gasteiger partial charge < -0.3 is 5.32 Å². The maximum Gasteiger partial charge on any atom is 0.0726 e. The fourth-order valence-electron chi connectivity index (χ4n) is 2.25. The van der Waals surface area contributed by atoms with Crippen LogP contribution in [0.2, 0.25) is 0 Å². The van der Waals surface area contributed by atoms with Crippen molar-refractivity contribution in [1.82, 2.24) is 9.97 Å². The van der Waals surface area contributed by atoms with Crippen molar-refractivity contribution in [3.05, 3.63) is 60.6 Å². The van der Waals surface area contributed by atoms with Crippen LogP contribution in [0.4, 0.5) is 11.4 Å². The molecule has 2 aromatic heterocycles. The van der Waals surface area contributed by atoms with E-state index < -0.39 is 0 Å². The van der Waals surface area contributed by atoms with Crippen molar-refractivity contribution < 1.29 is 0 Å². The van der Waals surface area contributed by atoms with Gasteiger partial charge in [0.05, 0.1) is 5.52 Å². The number of fused-ring (bicyclic) bond motifs is 1. The lowest BCUT2D eigenvalue weighted by atomic mass is 9.90. The highest BCUT2D eigenvalue weighted by Crippen LogP contribution is 2.30. The van der Waals surface area contributed by atoms with Gasteiger partial charge in [-0.2, -0.15) is 0 Å². The second kappa shape index (κ2) is 5.17. The normalized spacial score (nSPS) is 11.6. The molecule has 0 aliphatic rings. The number of hydrogen-bond donors (Lipinski definition) is 1. The topological polar surface area (TPSA) is 37.8 Å². The van der Waals surface area contributed by atoms with Crippen molar-refractivity contribution in [3.63, 3.8) is 0 Å². The van der Waals surface area contributed by atoms with Crippen LogP contribution in [0.5, 0.6) is 0 Å². The number of rotatable bonds is 2. The molecular weight excluding hydrogens is 258 g/mol. The van der Waals surface area contributed by atoms with Crippen LogP contribution < -0.4 is 5.32 Å². The maximum atomic E-state index is 4.80. The summed E-state index contributed by atoms with van der Waals surface area (Å²) >= 11 is 0. The molecule has 2 heterocycles. The minimum absolute atomic E-state index is 0.0126. The van der Waals surface area contributed by atoms with Crippen LogP contribution in [0.3, 0.4) is 0 Å². The molecule has 0 saturated heterocycles. The molecule has 0 aliphatic carbocycles. The first-order valence-electron chi connectivity index (χ1n) is 7.11. The maximum absolute atomic E-state index is 4.80. The van der Waals surface area contributed by atoms with Gasteiger partial charge in [0.1, 0.15) is 0 Å². The molecule has 3 aromatic rings. The first-order valence-corrected chi connectivity index (χ1v) is 7.11. The molecule has 3 nitrogen and oxygen atoms in total. The Balaban J connectivity index is 2.15. The SMILES string of the molecule is CC(C)(C)c1cc(Nc2ccncc2)c2ccccc2n1. The molecule has 21 heavy (non-hydrogen) atoms. The summed E-state index contributed by atoms with van der Waals surface area (Å²) in [4.78, 5) is 8.85. The van der Waals surface area contributed by atoms with Crippen LogP contribution in [0.15, 0.2) is 54.9 Å². The predicted octanol–water partition coefficient (Wildman–Crippen LogP) is 4.67. The van der Waals surface area contributed by atoms with Gasteiger partial charge in [0, 0.05) is 40.3 Å². The average molecular weight is 277 g/mol. The highest BCUT2D eigenvalue weighted by molar-refractivity contribution is 5.93. The lowest BCUT2D eigenvalue weighted by molar-refractivity contribution is 0.572. The summed E-state index contributed by atoms with van der Waals surface area (Å²) in [5.74, 6) is 0. The Hall–Kier alpha value is -2.42. The van der Waals surface area contributed by atoms with E-state index in [2.05, 4.69) is 49.3 Å². The molecular formula is C18H19N3. The van der Waals surface area contributed by atoms with Crippen LogP contribution in [-0.2, 0) is 5.41 Å². The summed E-state index contributed by atoms with van der Waals surface area (Å²) in [5.41, 5.74) is 4.22. The van der Waals surface area contributed by atoms with E-state index in [1.807, 2.05) is 24.3 Å². The van der Waals surface area contributed by atoms with Gasteiger partial charge in [-0.1, -0.05) is 39.0 Å². The largest absolute Gasteiger partial charge is 0.355 e. The van der Waals surface area contributed by atoms with Gasteiger partial charge in [-0.25, -0.2) is 0 Å². The minimum Gasteiger partial charge on any atom is -0.355 e. The Bertz CT molecular complexity index is 758. The molecule has 0 amide bonds. The predicted molar refractivity (Wildman–Crippen MR) is 88.0 cm³/mol. The molecule has 0 bridgehead atoms. The monoisotopic (exact) mass is 277 g/mol. The lowest BCUT2D eigenvalue weighted by Gasteiger charge is -2.20. The molecule has 0 saturated carbocycles. The van der Waals surface area contributed by atoms with Gasteiger partial charge >= 0.3 is 0 Å². The van der Waals surface area contributed by atoms with Crippen molar-refractivity contribution in [1.29, 1.82) is 0 Å². The highest BCUT2D eigenvalue weighted by Gasteiger charge is 2.17. The lowest BCUT2D eigenvalue weighted by Crippen LogP contribution is -2.14. The number of anilines is 2. The van der Waals surface area contributed by atoms with E-state index in [0.717, 1.165) is 28.0 Å². The summed E-state index contributed by atoms with van der Waals surface area (Å²) in [5, 5.41) is 4.61. The Morgan fingerprint density at radius 2 is 1.67 bits per heavy atom. The molecule has 1 aromatic carbocycles. The summed E-state index contributed by atoms with van der Waals surface area (Å²) in [7, 11) is 0. The van der Waals surface area contributed by atoms with E-state index in [-0.39, 0.29) is 5.41 Å². The second-order valence-corrected chi connectivity index (χ2v) is 6.18. The molecule has 0 radical (unpaired) electrons. The van der Waals surface area contributed by atoms with Crippen LogP contribution >= 0.6 is 0 Å². The summed E-state index contributed by atoms with van der Waals surface area (Å²) in [6.45, 7) is 6.54. The number of benzene rings is 1. The van der Waals surface area contributed by atoms with E-state index in [9.17, 15) is 0 Å². The first kappa shape index (κ1) is 13.6. The van der Waals surface area contributed by atoms with Crippen molar-refractivity contribution in [2.24, 2.45) is 0 Å². The van der Waals surface area contributed by atoms with E-state index in [0.29, 0.717) is 0 Å². The van der Waals surface area contributed by atoms with Crippen LogP contribution in [-0.4, -0.2) is 9.97 Å². The van der Waals surface area contributed by atoms with Gasteiger partial charge in [-0.05, 0) is 24.3 Å². The first-order chi connectivity index (χ1) is 10.0. The molecule has 0 fully saturated rings. The third-order valence-electron chi connectivity index (χ3n) is 3.44. The molecule has 0 unspecified atom stereocenters. The molecule has 0 spiro atoms. The zero-order valence-electron chi connectivity index (χ0n) is 12.6. The van der Waals surface area contributed by atoms with Gasteiger partial charge in [-0.15, -0.1) is 0 Å². The average Bonchev–Trinajstić information content (AvgIpc) is 2.47. The Morgan fingerprint density at radius 1 is 0.952 bits per heavy atom. The zero-order valence-corrected chi connectivity index (χ0v) is 12.6. The van der Waals surface area contributed by atoms with Crippen molar-refractivity contribution >= 4 is 22.3 Å². The molecule has 3 rings (SSSR count). The minimum atomic E-state index is 0.0126. The molecule has 1 N–H and O–H groups in total. The summed E-state index contributed by atoms with van der Waals surface area (Å²) < 4.78 is 0. The van der Waals surface area contributed by atoms with E-state index in [1.165, 1.54) is 0 Å².